The number of ether oxygens (including phenoxy) is 1. The van der Waals surface area contributed by atoms with E-state index in [1.807, 2.05) is 22.6 Å². The van der Waals surface area contributed by atoms with E-state index in [4.69, 9.17) is 9.84 Å². The number of nitrogens with zero attached hydrogens (tertiary/aromatic N) is 1. The van der Waals surface area contributed by atoms with Crippen LogP contribution in [0, 0.1) is 0 Å². The van der Waals surface area contributed by atoms with Crippen molar-refractivity contribution in [2.45, 2.75) is 31.4 Å². The van der Waals surface area contributed by atoms with Gasteiger partial charge in [0, 0.05) is 6.20 Å². The first-order valence-corrected chi connectivity index (χ1v) is 6.10. The van der Waals surface area contributed by atoms with Crippen molar-refractivity contribution in [3.63, 3.8) is 0 Å². The molecule has 2 amide bonds. The summed E-state index contributed by atoms with van der Waals surface area (Å²) in [5.74, 6) is 0. The van der Waals surface area contributed by atoms with Crippen LogP contribution in [0.1, 0.15) is 12.8 Å². The highest BCUT2D eigenvalue weighted by molar-refractivity contribution is 14.1. The molecule has 2 heterocycles. The fraction of sp³-hybridized carbons (Fsp3) is 0.667. The second kappa shape index (κ2) is 4.86. The highest BCUT2D eigenvalue weighted by atomic mass is 127. The van der Waals surface area contributed by atoms with Crippen LogP contribution in [0.2, 0.25) is 0 Å². The standard InChI is InChI=1S/C9H13IN2O4/c10-6-3-12(9(15)11-8(6)14)7-2-1-5(4-13)16-7/h3,5,7-8,13-14H,1-2,4H2,(H,11,15)/t5-,7+,8?/m0/s1. The Morgan fingerprint density at radius 1 is 1.62 bits per heavy atom. The van der Waals surface area contributed by atoms with Crippen LogP contribution in [0.25, 0.3) is 0 Å². The van der Waals surface area contributed by atoms with Crippen molar-refractivity contribution in [1.82, 2.24) is 10.2 Å². The topological polar surface area (TPSA) is 82.0 Å². The molecule has 6 nitrogen and oxygen atoms in total. The minimum Gasteiger partial charge on any atom is -0.394 e. The zero-order valence-electron chi connectivity index (χ0n) is 8.47. The summed E-state index contributed by atoms with van der Waals surface area (Å²) in [4.78, 5) is 13.0. The van der Waals surface area contributed by atoms with Gasteiger partial charge in [0.2, 0.25) is 0 Å². The molecule has 1 saturated heterocycles. The van der Waals surface area contributed by atoms with Gasteiger partial charge in [0.15, 0.2) is 6.23 Å². The van der Waals surface area contributed by atoms with Crippen molar-refractivity contribution in [2.75, 3.05) is 6.61 Å². The average Bonchev–Trinajstić information content (AvgIpc) is 2.71. The van der Waals surface area contributed by atoms with Crippen LogP contribution in [0.5, 0.6) is 0 Å². The summed E-state index contributed by atoms with van der Waals surface area (Å²) in [7, 11) is 0. The smallest absolute Gasteiger partial charge is 0.325 e. The van der Waals surface area contributed by atoms with Gasteiger partial charge in [-0.2, -0.15) is 0 Å². The lowest BCUT2D eigenvalue weighted by Crippen LogP contribution is -2.50. The van der Waals surface area contributed by atoms with Crippen molar-refractivity contribution in [2.24, 2.45) is 0 Å². The van der Waals surface area contributed by atoms with Crippen molar-refractivity contribution in [3.8, 4) is 0 Å². The molecule has 1 fully saturated rings. The quantitative estimate of drug-likeness (QED) is 0.623. The fourth-order valence-corrected chi connectivity index (χ4v) is 2.22. The molecule has 0 saturated carbocycles. The number of nitrogens with one attached hydrogen (secondary N) is 1. The number of carbonyl (C=O) groups is 1. The summed E-state index contributed by atoms with van der Waals surface area (Å²) in [5.41, 5.74) is 0. The molecule has 3 N–H and O–H groups in total. The minimum atomic E-state index is -0.931. The summed E-state index contributed by atoms with van der Waals surface area (Å²) >= 11 is 1.96. The maximum absolute atomic E-state index is 11.6. The molecule has 0 spiro atoms. The monoisotopic (exact) mass is 340 g/mol. The first kappa shape index (κ1) is 12.1. The summed E-state index contributed by atoms with van der Waals surface area (Å²) in [6, 6.07) is -0.378. The minimum absolute atomic E-state index is 0.0324. The average molecular weight is 340 g/mol. The number of hydrogen-bond acceptors (Lipinski definition) is 4. The Hall–Kier alpha value is -0.380. The van der Waals surface area contributed by atoms with E-state index in [1.54, 1.807) is 6.20 Å². The lowest BCUT2D eigenvalue weighted by atomic mass is 10.2. The Balaban J connectivity index is 2.07. The Morgan fingerprint density at radius 3 is 3.00 bits per heavy atom. The van der Waals surface area contributed by atoms with Gasteiger partial charge < -0.3 is 20.3 Å². The third-order valence-electron chi connectivity index (χ3n) is 2.62. The Labute approximate surface area is 106 Å². The predicted octanol–water partition coefficient (Wildman–Crippen LogP) is 0.104. The molecule has 2 rings (SSSR count). The van der Waals surface area contributed by atoms with Crippen molar-refractivity contribution in [3.05, 3.63) is 9.78 Å². The van der Waals surface area contributed by atoms with Crippen molar-refractivity contribution < 1.29 is 19.7 Å². The summed E-state index contributed by atoms with van der Waals surface area (Å²) in [5, 5.41) is 20.7. The van der Waals surface area contributed by atoms with Crippen LogP contribution in [0.15, 0.2) is 9.78 Å². The van der Waals surface area contributed by atoms with E-state index in [2.05, 4.69) is 5.32 Å². The molecule has 2 aliphatic heterocycles. The van der Waals surface area contributed by atoms with Crippen LogP contribution in [-0.4, -0.2) is 46.3 Å². The molecule has 2 aliphatic rings. The molecule has 3 atom stereocenters. The van der Waals surface area contributed by atoms with Crippen LogP contribution in [-0.2, 0) is 4.74 Å². The molecule has 1 unspecified atom stereocenters. The van der Waals surface area contributed by atoms with Crippen LogP contribution < -0.4 is 5.32 Å². The molecule has 16 heavy (non-hydrogen) atoms. The number of rotatable bonds is 2. The Bertz CT molecular complexity index is 323. The van der Waals surface area contributed by atoms with Crippen molar-refractivity contribution >= 4 is 28.6 Å². The van der Waals surface area contributed by atoms with Gasteiger partial charge in [0.1, 0.15) is 6.23 Å². The van der Waals surface area contributed by atoms with Gasteiger partial charge in [-0.3, -0.25) is 4.90 Å². The summed E-state index contributed by atoms with van der Waals surface area (Å²) in [6.45, 7) is -0.0324. The molecule has 0 radical (unpaired) electrons. The van der Waals surface area contributed by atoms with Gasteiger partial charge in [-0.15, -0.1) is 0 Å². The molecule has 90 valence electrons. The molecular weight excluding hydrogens is 327 g/mol. The maximum atomic E-state index is 11.6. The van der Waals surface area contributed by atoms with E-state index in [0.29, 0.717) is 10.0 Å². The third kappa shape index (κ3) is 2.31. The fourth-order valence-electron chi connectivity index (χ4n) is 1.76. The number of hydrogen-bond donors (Lipinski definition) is 3. The van der Waals surface area contributed by atoms with Crippen LogP contribution in [0.3, 0.4) is 0 Å². The molecule has 0 aromatic heterocycles. The van der Waals surface area contributed by atoms with Gasteiger partial charge in [0.05, 0.1) is 16.3 Å². The van der Waals surface area contributed by atoms with Gasteiger partial charge in [-0.05, 0) is 35.4 Å². The number of amides is 2. The number of aliphatic hydroxyl groups excluding tert-OH is 2. The van der Waals surface area contributed by atoms with E-state index < -0.39 is 6.23 Å². The number of aliphatic hydroxyl groups is 2. The molecule has 0 bridgehead atoms. The molecular formula is C9H13IN2O4. The first-order chi connectivity index (χ1) is 7.61. The van der Waals surface area contributed by atoms with E-state index in [9.17, 15) is 9.90 Å². The first-order valence-electron chi connectivity index (χ1n) is 5.02. The second-order valence-electron chi connectivity index (χ2n) is 3.75. The van der Waals surface area contributed by atoms with E-state index in [0.717, 1.165) is 6.42 Å². The predicted molar refractivity (Wildman–Crippen MR) is 63.5 cm³/mol. The molecule has 7 heteroatoms. The van der Waals surface area contributed by atoms with Crippen LogP contribution in [0.4, 0.5) is 4.79 Å². The van der Waals surface area contributed by atoms with Gasteiger partial charge in [0.25, 0.3) is 0 Å². The number of urea groups is 1. The van der Waals surface area contributed by atoms with Gasteiger partial charge in [-0.25, -0.2) is 4.79 Å². The zero-order valence-corrected chi connectivity index (χ0v) is 10.6. The lowest BCUT2D eigenvalue weighted by molar-refractivity contribution is -0.0394. The van der Waals surface area contributed by atoms with E-state index >= 15 is 0 Å². The maximum Gasteiger partial charge on any atom is 0.325 e. The Morgan fingerprint density at radius 2 is 2.38 bits per heavy atom. The zero-order chi connectivity index (χ0) is 11.7. The normalized spacial score (nSPS) is 34.9. The van der Waals surface area contributed by atoms with E-state index in [1.165, 1.54) is 4.90 Å². The van der Waals surface area contributed by atoms with Gasteiger partial charge >= 0.3 is 6.03 Å². The Kier molecular flexibility index (Phi) is 3.67. The highest BCUT2D eigenvalue weighted by Gasteiger charge is 2.34. The van der Waals surface area contributed by atoms with E-state index in [-0.39, 0.29) is 25.0 Å². The van der Waals surface area contributed by atoms with Crippen molar-refractivity contribution in [1.29, 1.82) is 0 Å². The molecule has 0 aromatic rings. The number of halogens is 1. The van der Waals surface area contributed by atoms with Gasteiger partial charge in [-0.1, -0.05) is 0 Å². The highest BCUT2D eigenvalue weighted by Crippen LogP contribution is 2.26. The largest absolute Gasteiger partial charge is 0.394 e. The SMILES string of the molecule is O=C1NC(O)C(I)=CN1[C@H]1CC[C@@H](CO)O1. The van der Waals surface area contributed by atoms with Crippen LogP contribution >= 0.6 is 22.6 Å². The third-order valence-corrected chi connectivity index (χ3v) is 3.49. The molecule has 0 aliphatic carbocycles. The molecule has 0 aromatic carbocycles. The summed E-state index contributed by atoms with van der Waals surface area (Å²) < 4.78 is 6.12. The number of carbonyl (C=O) groups excluding carboxylic acids is 1. The summed E-state index contributed by atoms with van der Waals surface area (Å²) in [6.07, 6.45) is 1.52. The lowest BCUT2D eigenvalue weighted by Gasteiger charge is -2.31. The second-order valence-corrected chi connectivity index (χ2v) is 4.99.